The second kappa shape index (κ2) is 14.1. The van der Waals surface area contributed by atoms with Gasteiger partial charge in [0.15, 0.2) is 0 Å². The summed E-state index contributed by atoms with van der Waals surface area (Å²) in [7, 11) is 0. The van der Waals surface area contributed by atoms with Crippen molar-refractivity contribution in [3.8, 4) is 45.0 Å². The molecule has 0 unspecified atom stereocenters. The Labute approximate surface area is 398 Å². The normalized spacial score (nSPS) is 13.2. The molecule has 0 saturated heterocycles. The predicted molar refractivity (Wildman–Crippen MR) is 289 cm³/mol. The van der Waals surface area contributed by atoms with E-state index < -0.39 is 0 Å². The van der Waals surface area contributed by atoms with E-state index in [0.29, 0.717) is 0 Å². The standard InChI is InChI=1S/C65H42N4/c1-65(2)52-25-8-5-21-47(52)61-49(24-15-26-53(61)65)64-63(66-54-27-9-10-28-55(54)67-64)46-23-13-17-40-36-42(33-34-43(40)46)68-56-29-11-6-20-45(56)51-37-41-18-14-31-58(50(41)38-60(51)68)69-57-30-12-7-22-48(57)62-44-19-4-3-16-39(44)32-35-59(62)69/h3-38H,1-2H3. The highest BCUT2D eigenvalue weighted by molar-refractivity contribution is 6.22. The van der Waals surface area contributed by atoms with Crippen molar-refractivity contribution in [1.82, 2.24) is 19.1 Å². The Morgan fingerprint density at radius 1 is 0.348 bits per heavy atom. The van der Waals surface area contributed by atoms with Crippen molar-refractivity contribution in [2.45, 2.75) is 19.3 Å². The molecular formula is C65H42N4. The van der Waals surface area contributed by atoms with Gasteiger partial charge in [0, 0.05) is 49.2 Å². The van der Waals surface area contributed by atoms with Gasteiger partial charge in [-0.05, 0) is 110 Å². The van der Waals surface area contributed by atoms with E-state index in [1.807, 2.05) is 0 Å². The van der Waals surface area contributed by atoms with E-state index in [1.165, 1.54) is 93.1 Å². The van der Waals surface area contributed by atoms with Crippen LogP contribution >= 0.6 is 0 Å². The molecule has 0 radical (unpaired) electrons. The first-order chi connectivity index (χ1) is 34.0. The molecule has 0 saturated carbocycles. The second-order valence-electron chi connectivity index (χ2n) is 19.3. The van der Waals surface area contributed by atoms with Crippen LogP contribution in [0.5, 0.6) is 0 Å². The van der Waals surface area contributed by atoms with Crippen molar-refractivity contribution in [2.24, 2.45) is 0 Å². The molecule has 322 valence electrons. The molecule has 3 aromatic heterocycles. The molecule has 1 aliphatic carbocycles. The van der Waals surface area contributed by atoms with Crippen LogP contribution in [0.3, 0.4) is 0 Å². The highest BCUT2D eigenvalue weighted by Gasteiger charge is 2.37. The summed E-state index contributed by atoms with van der Waals surface area (Å²) in [6.45, 7) is 4.67. The summed E-state index contributed by atoms with van der Waals surface area (Å²) in [6.07, 6.45) is 0. The number of para-hydroxylation sites is 4. The van der Waals surface area contributed by atoms with Crippen molar-refractivity contribution < 1.29 is 0 Å². The van der Waals surface area contributed by atoms with Gasteiger partial charge >= 0.3 is 0 Å². The van der Waals surface area contributed by atoms with E-state index in [1.54, 1.807) is 0 Å². The number of hydrogen-bond acceptors (Lipinski definition) is 2. The predicted octanol–water partition coefficient (Wildman–Crippen LogP) is 16.9. The Bertz CT molecular complexity index is 4530. The monoisotopic (exact) mass is 878 g/mol. The van der Waals surface area contributed by atoms with Crippen LogP contribution in [-0.2, 0) is 5.41 Å². The van der Waals surface area contributed by atoms with Crippen LogP contribution in [-0.4, -0.2) is 19.1 Å². The fourth-order valence-electron chi connectivity index (χ4n) is 12.1. The minimum Gasteiger partial charge on any atom is -0.309 e. The molecule has 0 fully saturated rings. The summed E-state index contributed by atoms with van der Waals surface area (Å²) in [5.74, 6) is 0. The Kier molecular flexibility index (Phi) is 7.81. The van der Waals surface area contributed by atoms with E-state index in [0.717, 1.165) is 50.0 Å². The van der Waals surface area contributed by atoms with E-state index >= 15 is 0 Å². The lowest BCUT2D eigenvalue weighted by Gasteiger charge is -2.21. The van der Waals surface area contributed by atoms with Gasteiger partial charge in [0.05, 0.1) is 50.2 Å². The molecule has 0 spiro atoms. The third-order valence-corrected chi connectivity index (χ3v) is 15.3. The number of nitrogens with zero attached hydrogens (tertiary/aromatic N) is 4. The second-order valence-corrected chi connectivity index (χ2v) is 19.3. The maximum absolute atomic E-state index is 5.49. The number of fused-ring (bicyclic) bond motifs is 14. The molecule has 1 aliphatic rings. The topological polar surface area (TPSA) is 35.6 Å². The Morgan fingerprint density at radius 2 is 0.957 bits per heavy atom. The van der Waals surface area contributed by atoms with Crippen LogP contribution in [0.1, 0.15) is 25.0 Å². The first-order valence-electron chi connectivity index (χ1n) is 23.9. The lowest BCUT2D eigenvalue weighted by atomic mass is 9.82. The summed E-state index contributed by atoms with van der Waals surface area (Å²) < 4.78 is 4.93. The fourth-order valence-corrected chi connectivity index (χ4v) is 12.1. The SMILES string of the molecule is CC1(C)c2ccccc2-c2c(-c3nc4ccccc4nc3-c3cccc4cc(-n5c6ccccc6c6cc7cccc(-n8c9ccccc9c9c%10ccccc%10ccc98)c7cc65)ccc34)cccc21. The maximum atomic E-state index is 5.49. The first kappa shape index (κ1) is 38.3. The zero-order valence-corrected chi connectivity index (χ0v) is 38.1. The average molecular weight is 879 g/mol. The van der Waals surface area contributed by atoms with Crippen LogP contribution in [0.4, 0.5) is 0 Å². The number of hydrogen-bond donors (Lipinski definition) is 0. The molecule has 69 heavy (non-hydrogen) atoms. The molecule has 0 amide bonds. The third kappa shape index (κ3) is 5.34. The first-order valence-corrected chi connectivity index (χ1v) is 23.9. The van der Waals surface area contributed by atoms with Gasteiger partial charge in [-0.1, -0.05) is 172 Å². The average Bonchev–Trinajstić information content (AvgIpc) is 4.00. The fraction of sp³-hybridized carbons (Fsp3) is 0.0462. The van der Waals surface area contributed by atoms with E-state index in [-0.39, 0.29) is 5.41 Å². The molecule has 3 heterocycles. The Balaban J connectivity index is 0.948. The summed E-state index contributed by atoms with van der Waals surface area (Å²) in [4.78, 5) is 11.0. The Morgan fingerprint density at radius 3 is 1.80 bits per heavy atom. The van der Waals surface area contributed by atoms with Gasteiger partial charge in [0.1, 0.15) is 0 Å². The van der Waals surface area contributed by atoms with Crippen molar-refractivity contribution >= 4 is 87.0 Å². The summed E-state index contributed by atoms with van der Waals surface area (Å²) in [5, 5.41) is 12.2. The molecule has 0 aliphatic heterocycles. The van der Waals surface area contributed by atoms with Crippen LogP contribution in [0, 0.1) is 0 Å². The molecule has 4 heteroatoms. The van der Waals surface area contributed by atoms with Gasteiger partial charge in [-0.25, -0.2) is 9.97 Å². The van der Waals surface area contributed by atoms with Crippen LogP contribution in [0.2, 0.25) is 0 Å². The number of rotatable bonds is 4. The summed E-state index contributed by atoms with van der Waals surface area (Å²) in [5.41, 5.74) is 17.8. The minimum absolute atomic E-state index is 0.136. The maximum Gasteiger partial charge on any atom is 0.0979 e. The van der Waals surface area contributed by atoms with Crippen molar-refractivity contribution in [3.05, 3.63) is 230 Å². The molecule has 0 N–H and O–H groups in total. The highest BCUT2D eigenvalue weighted by atomic mass is 15.0. The number of benzene rings is 11. The molecule has 4 nitrogen and oxygen atoms in total. The molecule has 11 aromatic carbocycles. The largest absolute Gasteiger partial charge is 0.309 e. The van der Waals surface area contributed by atoms with Crippen molar-refractivity contribution in [3.63, 3.8) is 0 Å². The van der Waals surface area contributed by atoms with Crippen molar-refractivity contribution in [2.75, 3.05) is 0 Å². The van der Waals surface area contributed by atoms with Gasteiger partial charge < -0.3 is 9.13 Å². The zero-order chi connectivity index (χ0) is 45.5. The minimum atomic E-state index is -0.136. The zero-order valence-electron chi connectivity index (χ0n) is 38.1. The Hall–Kier alpha value is -8.86. The quantitative estimate of drug-likeness (QED) is 0.177. The summed E-state index contributed by atoms with van der Waals surface area (Å²) >= 11 is 0. The van der Waals surface area contributed by atoms with Gasteiger partial charge in [0.25, 0.3) is 0 Å². The number of aromatic nitrogens is 4. The van der Waals surface area contributed by atoms with E-state index in [4.69, 9.17) is 9.97 Å². The molecular weight excluding hydrogens is 837 g/mol. The molecule has 14 aromatic rings. The smallest absolute Gasteiger partial charge is 0.0979 e. The molecule has 0 bridgehead atoms. The van der Waals surface area contributed by atoms with Gasteiger partial charge in [-0.15, -0.1) is 0 Å². The molecule has 0 atom stereocenters. The van der Waals surface area contributed by atoms with Gasteiger partial charge in [0.2, 0.25) is 0 Å². The van der Waals surface area contributed by atoms with Crippen molar-refractivity contribution in [1.29, 1.82) is 0 Å². The van der Waals surface area contributed by atoms with E-state index in [2.05, 4.69) is 241 Å². The summed E-state index contributed by atoms with van der Waals surface area (Å²) in [6, 6.07) is 80.0. The lowest BCUT2D eigenvalue weighted by Crippen LogP contribution is -2.14. The van der Waals surface area contributed by atoms with Crippen LogP contribution in [0.25, 0.3) is 132 Å². The van der Waals surface area contributed by atoms with Gasteiger partial charge in [-0.3, -0.25) is 0 Å². The van der Waals surface area contributed by atoms with E-state index in [9.17, 15) is 0 Å². The highest BCUT2D eigenvalue weighted by Crippen LogP contribution is 2.53. The van der Waals surface area contributed by atoms with Gasteiger partial charge in [-0.2, -0.15) is 0 Å². The molecule has 15 rings (SSSR count). The lowest BCUT2D eigenvalue weighted by molar-refractivity contribution is 0.660. The van der Waals surface area contributed by atoms with Crippen LogP contribution < -0.4 is 0 Å². The van der Waals surface area contributed by atoms with Crippen LogP contribution in [0.15, 0.2) is 218 Å². The third-order valence-electron chi connectivity index (χ3n) is 15.3.